The van der Waals surface area contributed by atoms with Gasteiger partial charge in [-0.2, -0.15) is 0 Å². The van der Waals surface area contributed by atoms with Gasteiger partial charge in [-0.1, -0.05) is 12.1 Å². The smallest absolute Gasteiger partial charge is 0.329 e. The van der Waals surface area contributed by atoms with Crippen LogP contribution in [0, 0.1) is 0 Å². The maximum absolute atomic E-state index is 13.9. The van der Waals surface area contributed by atoms with Crippen LogP contribution < -0.4 is 15.2 Å². The van der Waals surface area contributed by atoms with Gasteiger partial charge in [-0.25, -0.2) is 18.2 Å². The predicted octanol–water partition coefficient (Wildman–Crippen LogP) is 2.95. The van der Waals surface area contributed by atoms with Gasteiger partial charge < -0.3 is 14.2 Å². The monoisotopic (exact) mass is 526 g/mol. The van der Waals surface area contributed by atoms with Crippen molar-refractivity contribution in [3.05, 3.63) is 70.9 Å². The van der Waals surface area contributed by atoms with Crippen LogP contribution in [0.4, 0.5) is 0 Å². The lowest BCUT2D eigenvalue weighted by molar-refractivity contribution is 0.187. The van der Waals surface area contributed by atoms with Crippen molar-refractivity contribution in [2.45, 2.75) is 19.5 Å². The number of imidazole rings is 1. The molecule has 1 atom stereocenters. The van der Waals surface area contributed by atoms with E-state index in [1.807, 2.05) is 43.3 Å². The van der Waals surface area contributed by atoms with E-state index in [4.69, 9.17) is 14.2 Å². The maximum Gasteiger partial charge on any atom is 0.329 e. The van der Waals surface area contributed by atoms with Crippen molar-refractivity contribution < 1.29 is 22.6 Å². The molecule has 0 fully saturated rings. The fourth-order valence-corrected chi connectivity index (χ4v) is 5.17. The van der Waals surface area contributed by atoms with Crippen molar-refractivity contribution in [3.8, 4) is 22.9 Å². The van der Waals surface area contributed by atoms with Gasteiger partial charge in [0.1, 0.15) is 9.84 Å². The lowest BCUT2D eigenvalue weighted by Gasteiger charge is -2.19. The molecule has 3 aromatic heterocycles. The van der Waals surface area contributed by atoms with Crippen molar-refractivity contribution in [3.63, 3.8) is 0 Å². The summed E-state index contributed by atoms with van der Waals surface area (Å²) >= 11 is 0. The van der Waals surface area contributed by atoms with Gasteiger partial charge in [0, 0.05) is 25.1 Å². The van der Waals surface area contributed by atoms with Gasteiger partial charge in [-0.15, -0.1) is 0 Å². The fraction of sp³-hybridized carbons (Fsp3) is 0.346. The molecule has 1 aromatic carbocycles. The first kappa shape index (κ1) is 26.4. The molecule has 0 aliphatic rings. The van der Waals surface area contributed by atoms with E-state index >= 15 is 0 Å². The molecule has 0 unspecified atom stereocenters. The number of pyridine rings is 2. The normalized spacial score (nSPS) is 12.5. The van der Waals surface area contributed by atoms with E-state index in [-0.39, 0.29) is 23.9 Å². The number of benzene rings is 1. The van der Waals surface area contributed by atoms with E-state index in [2.05, 4.69) is 9.97 Å². The molecular weight excluding hydrogens is 496 g/mol. The third-order valence-electron chi connectivity index (χ3n) is 5.90. The van der Waals surface area contributed by atoms with Crippen LogP contribution in [0.2, 0.25) is 0 Å². The second-order valence-electron chi connectivity index (χ2n) is 8.50. The molecule has 4 rings (SSSR count). The Balaban J connectivity index is 1.97. The standard InChI is InChI=1S/C26H30N4O6S/c1-5-36-25-24(35-3)12-10-20(28-25)23(17-37(4,32)33)30-21-11-9-18(19-8-6-7-13-27-19)16-22(21)29(26(30)31)14-15-34-2/h6-13,16,23H,5,14-15,17H2,1-4H3/t23-/m1/s1. The Morgan fingerprint density at radius 1 is 1.05 bits per heavy atom. The highest BCUT2D eigenvalue weighted by Gasteiger charge is 2.28. The lowest BCUT2D eigenvalue weighted by atomic mass is 10.1. The van der Waals surface area contributed by atoms with Crippen LogP contribution in [-0.4, -0.2) is 67.0 Å². The molecule has 0 radical (unpaired) electrons. The molecular formula is C26H30N4O6S. The maximum atomic E-state index is 13.9. The number of rotatable bonds is 11. The number of ether oxygens (including phenoxy) is 3. The summed E-state index contributed by atoms with van der Waals surface area (Å²) in [5, 5.41) is 0. The summed E-state index contributed by atoms with van der Waals surface area (Å²) in [4.78, 5) is 22.8. The SMILES string of the molecule is CCOc1nc([C@@H](CS(C)(=O)=O)n2c(=O)n(CCOC)c3cc(-c4ccccn4)ccc32)ccc1OC. The molecule has 0 aliphatic carbocycles. The van der Waals surface area contributed by atoms with Crippen LogP contribution in [-0.2, 0) is 21.1 Å². The molecule has 37 heavy (non-hydrogen) atoms. The lowest BCUT2D eigenvalue weighted by Crippen LogP contribution is -2.32. The van der Waals surface area contributed by atoms with E-state index in [1.54, 1.807) is 30.0 Å². The molecule has 4 aromatic rings. The number of aromatic nitrogens is 4. The van der Waals surface area contributed by atoms with Crippen molar-refractivity contribution in [2.75, 3.05) is 39.4 Å². The Labute approximate surface area is 215 Å². The summed E-state index contributed by atoms with van der Waals surface area (Å²) in [6.45, 7) is 2.75. The minimum atomic E-state index is -3.52. The molecule has 3 heterocycles. The van der Waals surface area contributed by atoms with Crippen LogP contribution >= 0.6 is 0 Å². The van der Waals surface area contributed by atoms with Gasteiger partial charge in [0.15, 0.2) is 5.75 Å². The van der Waals surface area contributed by atoms with Gasteiger partial charge in [0.2, 0.25) is 0 Å². The Bertz CT molecular complexity index is 1550. The molecule has 11 heteroatoms. The van der Waals surface area contributed by atoms with E-state index in [1.165, 1.54) is 11.7 Å². The van der Waals surface area contributed by atoms with Gasteiger partial charge in [0.25, 0.3) is 5.88 Å². The highest BCUT2D eigenvalue weighted by Crippen LogP contribution is 2.31. The topological polar surface area (TPSA) is 115 Å². The molecule has 0 spiro atoms. The van der Waals surface area contributed by atoms with Crippen LogP contribution in [0.15, 0.2) is 59.5 Å². The van der Waals surface area contributed by atoms with Crippen LogP contribution in [0.25, 0.3) is 22.3 Å². The van der Waals surface area contributed by atoms with Crippen molar-refractivity contribution in [1.29, 1.82) is 0 Å². The summed E-state index contributed by atoms with van der Waals surface area (Å²) in [7, 11) is -0.458. The Hall–Kier alpha value is -3.70. The molecule has 0 aliphatic heterocycles. The number of fused-ring (bicyclic) bond motifs is 1. The fourth-order valence-electron chi connectivity index (χ4n) is 4.27. The third-order valence-corrected chi connectivity index (χ3v) is 6.83. The average Bonchev–Trinajstić information content (AvgIpc) is 3.16. The highest BCUT2D eigenvalue weighted by molar-refractivity contribution is 7.90. The first-order valence-corrected chi connectivity index (χ1v) is 13.8. The predicted molar refractivity (Wildman–Crippen MR) is 141 cm³/mol. The van der Waals surface area contributed by atoms with Crippen LogP contribution in [0.3, 0.4) is 0 Å². The van der Waals surface area contributed by atoms with Crippen LogP contribution in [0.5, 0.6) is 11.6 Å². The third kappa shape index (κ3) is 5.67. The Morgan fingerprint density at radius 3 is 2.51 bits per heavy atom. The largest absolute Gasteiger partial charge is 0.491 e. The zero-order chi connectivity index (χ0) is 26.6. The molecule has 10 nitrogen and oxygen atoms in total. The van der Waals surface area contributed by atoms with E-state index in [0.29, 0.717) is 35.7 Å². The molecule has 0 amide bonds. The molecule has 0 saturated heterocycles. The van der Waals surface area contributed by atoms with Gasteiger partial charge in [0.05, 0.1) is 61.1 Å². The number of hydrogen-bond acceptors (Lipinski definition) is 8. The second kappa shape index (κ2) is 11.1. The first-order chi connectivity index (χ1) is 17.8. The summed E-state index contributed by atoms with van der Waals surface area (Å²) in [5.74, 6) is 0.316. The molecule has 0 bridgehead atoms. The highest BCUT2D eigenvalue weighted by atomic mass is 32.2. The van der Waals surface area contributed by atoms with Crippen molar-refractivity contribution in [2.24, 2.45) is 0 Å². The average molecular weight is 527 g/mol. The minimum Gasteiger partial charge on any atom is -0.491 e. The van der Waals surface area contributed by atoms with E-state index in [9.17, 15) is 13.2 Å². The van der Waals surface area contributed by atoms with Gasteiger partial charge in [-0.3, -0.25) is 14.1 Å². The zero-order valence-corrected chi connectivity index (χ0v) is 22.1. The van der Waals surface area contributed by atoms with Crippen LogP contribution in [0.1, 0.15) is 18.7 Å². The summed E-state index contributed by atoms with van der Waals surface area (Å²) < 4.78 is 44.4. The second-order valence-corrected chi connectivity index (χ2v) is 10.7. The molecule has 0 saturated carbocycles. The number of methoxy groups -OCH3 is 2. The number of hydrogen-bond donors (Lipinski definition) is 0. The molecule has 0 N–H and O–H groups in total. The minimum absolute atomic E-state index is 0.231. The van der Waals surface area contributed by atoms with E-state index in [0.717, 1.165) is 17.5 Å². The first-order valence-electron chi connectivity index (χ1n) is 11.8. The van der Waals surface area contributed by atoms with Gasteiger partial charge in [-0.05, 0) is 43.3 Å². The zero-order valence-electron chi connectivity index (χ0n) is 21.2. The summed E-state index contributed by atoms with van der Waals surface area (Å²) in [6.07, 6.45) is 2.84. The van der Waals surface area contributed by atoms with Crippen molar-refractivity contribution in [1.82, 2.24) is 19.1 Å². The van der Waals surface area contributed by atoms with Gasteiger partial charge >= 0.3 is 5.69 Å². The molecule has 196 valence electrons. The summed E-state index contributed by atoms with van der Waals surface area (Å²) in [5.41, 5.74) is 2.81. The summed E-state index contributed by atoms with van der Waals surface area (Å²) in [6, 6.07) is 13.6. The quantitative estimate of drug-likeness (QED) is 0.293. The van der Waals surface area contributed by atoms with Crippen molar-refractivity contribution >= 4 is 20.9 Å². The Kier molecular flexibility index (Phi) is 7.94. The van der Waals surface area contributed by atoms with E-state index < -0.39 is 15.9 Å². The number of sulfone groups is 1. The number of nitrogens with zero attached hydrogens (tertiary/aromatic N) is 4. The Morgan fingerprint density at radius 2 is 1.86 bits per heavy atom.